The molecular weight excluding hydrogens is 437 g/mol. The van der Waals surface area contributed by atoms with Crippen molar-refractivity contribution in [2.75, 3.05) is 27.1 Å². The van der Waals surface area contributed by atoms with Gasteiger partial charge in [0.15, 0.2) is 0 Å². The third-order valence-corrected chi connectivity index (χ3v) is 14.0. The van der Waals surface area contributed by atoms with E-state index >= 15 is 0 Å². The molecule has 0 radical (unpaired) electrons. The summed E-state index contributed by atoms with van der Waals surface area (Å²) in [5, 5.41) is 0. The Morgan fingerprint density at radius 1 is 1.25 bits per heavy atom. The van der Waals surface area contributed by atoms with Gasteiger partial charge >= 0.3 is 114 Å². The molecule has 0 aromatic rings. The van der Waals surface area contributed by atoms with Crippen LogP contribution in [0.15, 0.2) is 0 Å². The Labute approximate surface area is 113 Å². The zero-order valence-corrected chi connectivity index (χ0v) is 17.6. The summed E-state index contributed by atoms with van der Waals surface area (Å²) in [6, 6.07) is 0.803. The minimum absolute atomic E-state index is 0.149. The van der Waals surface area contributed by atoms with Crippen molar-refractivity contribution in [2.24, 2.45) is 0 Å². The molecule has 0 saturated carbocycles. The first-order valence-electron chi connectivity index (χ1n) is 4.96. The Bertz CT molecular complexity index is 195. The molecule has 8 heteroatoms. The molecular formula is C8H18HgO5SSi. The summed E-state index contributed by atoms with van der Waals surface area (Å²) >= 11 is -1.45. The van der Waals surface area contributed by atoms with Crippen LogP contribution < -0.4 is 0 Å². The molecule has 0 rings (SSSR count). The van der Waals surface area contributed by atoms with Gasteiger partial charge in [-0.3, -0.25) is 0 Å². The molecule has 5 nitrogen and oxygen atoms in total. The fraction of sp³-hybridized carbons (Fsp3) is 0.875. The van der Waals surface area contributed by atoms with E-state index in [0.29, 0.717) is 0 Å². The van der Waals surface area contributed by atoms with Crippen LogP contribution in [0.1, 0.15) is 13.3 Å². The third kappa shape index (κ3) is 7.23. The molecule has 0 heterocycles. The summed E-state index contributed by atoms with van der Waals surface area (Å²) in [6.45, 7) is 1.46. The van der Waals surface area contributed by atoms with E-state index in [2.05, 4.69) is 0 Å². The molecule has 0 N–H and O–H groups in total. The predicted molar refractivity (Wildman–Crippen MR) is 60.4 cm³/mol. The number of carbonyl (C=O) groups excluding carboxylic acids is 1. The summed E-state index contributed by atoms with van der Waals surface area (Å²) in [6.07, 6.45) is 0.966. The molecule has 0 aromatic heterocycles. The van der Waals surface area contributed by atoms with Crippen molar-refractivity contribution in [2.45, 2.75) is 19.4 Å². The molecule has 0 amide bonds. The SMILES string of the molecule is CO[Si](CCC[S][Hg][O]C(C)=O)(OC)OC. The van der Waals surface area contributed by atoms with Crippen LogP contribution in [0.2, 0.25) is 6.04 Å². The second kappa shape index (κ2) is 9.84. The van der Waals surface area contributed by atoms with Gasteiger partial charge in [0.1, 0.15) is 0 Å². The van der Waals surface area contributed by atoms with Gasteiger partial charge in [-0.2, -0.15) is 0 Å². The molecule has 0 aliphatic rings. The summed E-state index contributed by atoms with van der Waals surface area (Å²) in [7, 11) is 4.24. The van der Waals surface area contributed by atoms with Gasteiger partial charge in [0.05, 0.1) is 0 Å². The molecule has 0 saturated heterocycles. The average molecular weight is 455 g/mol. The van der Waals surface area contributed by atoms with Crippen LogP contribution in [0.25, 0.3) is 0 Å². The Balaban J connectivity index is 3.59. The molecule has 0 bridgehead atoms. The quantitative estimate of drug-likeness (QED) is 0.388. The van der Waals surface area contributed by atoms with E-state index in [0.717, 1.165) is 18.2 Å². The first-order valence-corrected chi connectivity index (χ1v) is 17.0. The molecule has 0 fully saturated rings. The fourth-order valence-corrected chi connectivity index (χ4v) is 10.5. The predicted octanol–water partition coefficient (Wildman–Crippen LogP) is 1.46. The van der Waals surface area contributed by atoms with Gasteiger partial charge in [-0.15, -0.1) is 0 Å². The van der Waals surface area contributed by atoms with Crippen LogP contribution in [-0.2, 0) is 44.2 Å². The van der Waals surface area contributed by atoms with Crippen LogP contribution in [0.3, 0.4) is 0 Å². The van der Waals surface area contributed by atoms with Gasteiger partial charge in [-0.1, -0.05) is 0 Å². The van der Waals surface area contributed by atoms with Crippen LogP contribution in [0, 0.1) is 0 Å². The van der Waals surface area contributed by atoms with Crippen LogP contribution in [-0.4, -0.2) is 41.9 Å². The molecule has 0 aliphatic carbocycles. The van der Waals surface area contributed by atoms with Gasteiger partial charge in [0.2, 0.25) is 0 Å². The summed E-state index contributed by atoms with van der Waals surface area (Å²) in [5.41, 5.74) is 0. The standard InChI is InChI=1S/C6H16O3SSi.C2H4O2.Hg/c1-7-11(8-2,9-3)6-4-5-10;1-2(3)4;/h10H,4-6H2,1-3H3;1H3,(H,3,4);/q;;+2/p-2. The molecule has 0 unspecified atom stereocenters. The summed E-state index contributed by atoms with van der Waals surface area (Å²) in [5.74, 6) is 0.836. The maximum absolute atomic E-state index is 10.5. The van der Waals surface area contributed by atoms with Crippen molar-refractivity contribution in [3.8, 4) is 0 Å². The number of carbonyl (C=O) groups is 1. The topological polar surface area (TPSA) is 54.0 Å². The van der Waals surface area contributed by atoms with Gasteiger partial charge in [-0.25, -0.2) is 0 Å². The Morgan fingerprint density at radius 3 is 2.25 bits per heavy atom. The summed E-state index contributed by atoms with van der Waals surface area (Å²) in [4.78, 5) is 10.5. The second-order valence-electron chi connectivity index (χ2n) is 3.06. The molecule has 92 valence electrons. The van der Waals surface area contributed by atoms with Crippen LogP contribution in [0.4, 0.5) is 0 Å². The van der Waals surface area contributed by atoms with E-state index < -0.39 is 32.3 Å². The van der Waals surface area contributed by atoms with Gasteiger partial charge in [0.25, 0.3) is 0 Å². The van der Waals surface area contributed by atoms with Crippen molar-refractivity contribution >= 4 is 23.0 Å². The normalized spacial score (nSPS) is 11.0. The van der Waals surface area contributed by atoms with E-state index in [1.807, 2.05) is 0 Å². The Morgan fingerprint density at radius 2 is 1.81 bits per heavy atom. The molecule has 0 spiro atoms. The fourth-order valence-electron chi connectivity index (χ4n) is 1.13. The minimum atomic E-state index is -2.40. The molecule has 0 aliphatic heterocycles. The molecule has 0 aromatic carbocycles. The van der Waals surface area contributed by atoms with Crippen molar-refractivity contribution < 1.29 is 44.2 Å². The van der Waals surface area contributed by atoms with E-state index in [1.165, 1.54) is 6.92 Å². The van der Waals surface area contributed by atoms with Crippen molar-refractivity contribution in [3.63, 3.8) is 0 Å². The molecule has 0 atom stereocenters. The van der Waals surface area contributed by atoms with E-state index in [4.69, 9.17) is 15.9 Å². The number of hydrogen-bond donors (Lipinski definition) is 0. The zero-order chi connectivity index (χ0) is 12.4. The number of rotatable bonds is 9. The van der Waals surface area contributed by atoms with Gasteiger partial charge < -0.3 is 0 Å². The first-order chi connectivity index (χ1) is 7.60. The monoisotopic (exact) mass is 456 g/mol. The zero-order valence-electron chi connectivity index (χ0n) is 10.3. The van der Waals surface area contributed by atoms with Crippen LogP contribution >= 0.6 is 8.24 Å². The van der Waals surface area contributed by atoms with E-state index in [9.17, 15) is 4.79 Å². The van der Waals surface area contributed by atoms with Crippen LogP contribution in [0.5, 0.6) is 0 Å². The Hall–Kier alpha value is 0.852. The third-order valence-electron chi connectivity index (χ3n) is 2.05. The summed E-state index contributed by atoms with van der Waals surface area (Å²) < 4.78 is 20.9. The van der Waals surface area contributed by atoms with E-state index in [1.54, 1.807) is 29.6 Å². The van der Waals surface area contributed by atoms with Crippen molar-refractivity contribution in [1.29, 1.82) is 0 Å². The first kappa shape index (κ1) is 16.9. The van der Waals surface area contributed by atoms with Crippen molar-refractivity contribution in [1.82, 2.24) is 0 Å². The average Bonchev–Trinajstić information content (AvgIpc) is 2.29. The Kier molecular flexibility index (Phi) is 10.4. The van der Waals surface area contributed by atoms with E-state index in [-0.39, 0.29) is 5.97 Å². The van der Waals surface area contributed by atoms with Gasteiger partial charge in [-0.05, 0) is 0 Å². The maximum atomic E-state index is 10.5. The number of hydrogen-bond acceptors (Lipinski definition) is 6. The molecule has 16 heavy (non-hydrogen) atoms. The van der Waals surface area contributed by atoms with Crippen molar-refractivity contribution in [3.05, 3.63) is 0 Å². The second-order valence-corrected chi connectivity index (χ2v) is 15.8. The van der Waals surface area contributed by atoms with Gasteiger partial charge in [0, 0.05) is 0 Å².